The number of aryl methyl sites for hydroxylation is 2. The molecule has 1 aliphatic heterocycles. The van der Waals surface area contributed by atoms with Gasteiger partial charge in [-0.05, 0) is 37.3 Å². The van der Waals surface area contributed by atoms with Gasteiger partial charge in [0, 0.05) is 50.3 Å². The lowest BCUT2D eigenvalue weighted by atomic mass is 10.1. The van der Waals surface area contributed by atoms with Gasteiger partial charge in [-0.3, -0.25) is 14.8 Å². The highest BCUT2D eigenvalue weighted by atomic mass is 16.1. The molecule has 3 rings (SSSR count). The Kier molecular flexibility index (Phi) is 5.41. The van der Waals surface area contributed by atoms with Crippen LogP contribution in [0.15, 0.2) is 42.9 Å². The van der Waals surface area contributed by atoms with Crippen LogP contribution in [0.4, 0.5) is 5.69 Å². The molecule has 1 fully saturated rings. The van der Waals surface area contributed by atoms with Crippen molar-refractivity contribution >= 4 is 11.6 Å². The highest BCUT2D eigenvalue weighted by molar-refractivity contribution is 5.76. The van der Waals surface area contributed by atoms with E-state index in [9.17, 15) is 4.79 Å². The van der Waals surface area contributed by atoms with Crippen LogP contribution in [0.3, 0.4) is 0 Å². The summed E-state index contributed by atoms with van der Waals surface area (Å²) >= 11 is 0. The van der Waals surface area contributed by atoms with Crippen LogP contribution >= 0.6 is 0 Å². The van der Waals surface area contributed by atoms with Crippen LogP contribution in [0.2, 0.25) is 0 Å². The predicted octanol–water partition coefficient (Wildman–Crippen LogP) is 2.36. The second kappa shape index (κ2) is 7.90. The standard InChI is InChI=1S/C19H24N4O/c1-15-4-2-3-5-18(15)23-11-8-16(14-23)12-22-19(24)7-6-17-13-20-9-10-21-17/h2-5,9-10,13,16H,6-8,11-12,14H2,1H3,(H,22,24). The summed E-state index contributed by atoms with van der Waals surface area (Å²) < 4.78 is 0. The molecule has 1 atom stereocenters. The summed E-state index contributed by atoms with van der Waals surface area (Å²) in [4.78, 5) is 22.6. The molecule has 24 heavy (non-hydrogen) atoms. The topological polar surface area (TPSA) is 58.1 Å². The fourth-order valence-electron chi connectivity index (χ4n) is 3.18. The Labute approximate surface area is 143 Å². The number of para-hydroxylation sites is 1. The maximum Gasteiger partial charge on any atom is 0.220 e. The fraction of sp³-hybridized carbons (Fsp3) is 0.421. The van der Waals surface area contributed by atoms with Crippen LogP contribution in [-0.2, 0) is 11.2 Å². The van der Waals surface area contributed by atoms with E-state index < -0.39 is 0 Å². The molecule has 1 unspecified atom stereocenters. The van der Waals surface area contributed by atoms with E-state index in [-0.39, 0.29) is 5.91 Å². The minimum Gasteiger partial charge on any atom is -0.371 e. The number of rotatable bonds is 6. The summed E-state index contributed by atoms with van der Waals surface area (Å²) in [6.45, 7) is 4.97. The van der Waals surface area contributed by atoms with Crippen molar-refractivity contribution in [3.8, 4) is 0 Å². The molecule has 0 radical (unpaired) electrons. The first-order valence-corrected chi connectivity index (χ1v) is 8.54. The molecule has 2 aromatic rings. The van der Waals surface area contributed by atoms with Crippen molar-refractivity contribution in [3.63, 3.8) is 0 Å². The zero-order chi connectivity index (χ0) is 16.8. The third kappa shape index (κ3) is 4.31. The van der Waals surface area contributed by atoms with Crippen molar-refractivity contribution in [2.45, 2.75) is 26.2 Å². The maximum atomic E-state index is 12.0. The number of nitrogens with one attached hydrogen (secondary N) is 1. The van der Waals surface area contributed by atoms with Gasteiger partial charge in [-0.2, -0.15) is 0 Å². The second-order valence-electron chi connectivity index (χ2n) is 6.39. The van der Waals surface area contributed by atoms with Crippen LogP contribution in [0.25, 0.3) is 0 Å². The molecule has 0 bridgehead atoms. The summed E-state index contributed by atoms with van der Waals surface area (Å²) in [5, 5.41) is 3.07. The molecule has 1 aromatic heterocycles. The number of hydrogen-bond donors (Lipinski definition) is 1. The molecule has 2 heterocycles. The van der Waals surface area contributed by atoms with Gasteiger partial charge in [-0.1, -0.05) is 18.2 Å². The third-order valence-electron chi connectivity index (χ3n) is 4.55. The summed E-state index contributed by atoms with van der Waals surface area (Å²) in [5.41, 5.74) is 3.49. The van der Waals surface area contributed by atoms with E-state index in [2.05, 4.69) is 51.4 Å². The van der Waals surface area contributed by atoms with Crippen molar-refractivity contribution in [1.82, 2.24) is 15.3 Å². The smallest absolute Gasteiger partial charge is 0.220 e. The number of benzene rings is 1. The van der Waals surface area contributed by atoms with E-state index in [4.69, 9.17) is 0 Å². The van der Waals surface area contributed by atoms with E-state index in [1.165, 1.54) is 11.3 Å². The first-order chi connectivity index (χ1) is 11.7. The molecule has 1 saturated heterocycles. The average molecular weight is 324 g/mol. The zero-order valence-corrected chi connectivity index (χ0v) is 14.1. The maximum absolute atomic E-state index is 12.0. The SMILES string of the molecule is Cc1ccccc1N1CCC(CNC(=O)CCc2cnccn2)C1. The molecule has 1 aromatic carbocycles. The normalized spacial score (nSPS) is 17.0. The first kappa shape index (κ1) is 16.4. The first-order valence-electron chi connectivity index (χ1n) is 8.54. The molecule has 126 valence electrons. The molecule has 1 N–H and O–H groups in total. The quantitative estimate of drug-likeness (QED) is 0.886. The number of aromatic nitrogens is 2. The van der Waals surface area contributed by atoms with Gasteiger partial charge in [-0.15, -0.1) is 0 Å². The van der Waals surface area contributed by atoms with Crippen LogP contribution < -0.4 is 10.2 Å². The monoisotopic (exact) mass is 324 g/mol. The Hall–Kier alpha value is -2.43. The molecule has 0 saturated carbocycles. The van der Waals surface area contributed by atoms with E-state index in [0.29, 0.717) is 18.8 Å². The van der Waals surface area contributed by atoms with Gasteiger partial charge in [-0.25, -0.2) is 0 Å². The van der Waals surface area contributed by atoms with Gasteiger partial charge in [0.1, 0.15) is 0 Å². The van der Waals surface area contributed by atoms with Gasteiger partial charge in [0.15, 0.2) is 0 Å². The largest absolute Gasteiger partial charge is 0.371 e. The van der Waals surface area contributed by atoms with Crippen LogP contribution in [-0.4, -0.2) is 35.5 Å². The lowest BCUT2D eigenvalue weighted by Gasteiger charge is -2.21. The lowest BCUT2D eigenvalue weighted by molar-refractivity contribution is -0.121. The van der Waals surface area contributed by atoms with Crippen molar-refractivity contribution in [2.75, 3.05) is 24.5 Å². The van der Waals surface area contributed by atoms with E-state index in [0.717, 1.165) is 31.7 Å². The number of amides is 1. The van der Waals surface area contributed by atoms with Crippen molar-refractivity contribution in [3.05, 3.63) is 54.1 Å². The second-order valence-corrected chi connectivity index (χ2v) is 6.39. The minimum atomic E-state index is 0.0926. The molecule has 0 spiro atoms. The Balaban J connectivity index is 1.41. The van der Waals surface area contributed by atoms with Gasteiger partial charge in [0.25, 0.3) is 0 Å². The number of anilines is 1. The van der Waals surface area contributed by atoms with E-state index >= 15 is 0 Å². The molecular formula is C19H24N4O. The number of hydrogen-bond acceptors (Lipinski definition) is 4. The highest BCUT2D eigenvalue weighted by Gasteiger charge is 2.23. The molecular weight excluding hydrogens is 300 g/mol. The van der Waals surface area contributed by atoms with Gasteiger partial charge in [0.05, 0.1) is 5.69 Å². The van der Waals surface area contributed by atoms with Crippen molar-refractivity contribution in [1.29, 1.82) is 0 Å². The average Bonchev–Trinajstić information content (AvgIpc) is 3.08. The molecule has 0 aliphatic carbocycles. The van der Waals surface area contributed by atoms with Crippen molar-refractivity contribution in [2.24, 2.45) is 5.92 Å². The van der Waals surface area contributed by atoms with Gasteiger partial charge < -0.3 is 10.2 Å². The van der Waals surface area contributed by atoms with Gasteiger partial charge >= 0.3 is 0 Å². The Morgan fingerprint density at radius 1 is 1.33 bits per heavy atom. The molecule has 1 amide bonds. The number of carbonyl (C=O) groups is 1. The lowest BCUT2D eigenvalue weighted by Crippen LogP contribution is -2.31. The third-order valence-corrected chi connectivity index (χ3v) is 4.55. The summed E-state index contributed by atoms with van der Waals surface area (Å²) in [7, 11) is 0. The van der Waals surface area contributed by atoms with Gasteiger partial charge in [0.2, 0.25) is 5.91 Å². The van der Waals surface area contributed by atoms with E-state index in [1.807, 2.05) is 0 Å². The molecule has 5 nitrogen and oxygen atoms in total. The Morgan fingerprint density at radius 3 is 3.00 bits per heavy atom. The number of nitrogens with zero attached hydrogens (tertiary/aromatic N) is 3. The molecule has 5 heteroatoms. The van der Waals surface area contributed by atoms with Crippen LogP contribution in [0, 0.1) is 12.8 Å². The summed E-state index contributed by atoms with van der Waals surface area (Å²) in [5.74, 6) is 0.611. The van der Waals surface area contributed by atoms with Crippen LogP contribution in [0.1, 0.15) is 24.1 Å². The summed E-state index contributed by atoms with van der Waals surface area (Å²) in [6, 6.07) is 8.49. The summed E-state index contributed by atoms with van der Waals surface area (Å²) in [6.07, 6.45) is 7.24. The zero-order valence-electron chi connectivity index (χ0n) is 14.1. The Morgan fingerprint density at radius 2 is 2.21 bits per heavy atom. The van der Waals surface area contributed by atoms with Crippen molar-refractivity contribution < 1.29 is 4.79 Å². The van der Waals surface area contributed by atoms with E-state index in [1.54, 1.807) is 18.6 Å². The minimum absolute atomic E-state index is 0.0926. The predicted molar refractivity (Wildman–Crippen MR) is 94.9 cm³/mol. The number of carbonyl (C=O) groups excluding carboxylic acids is 1. The fourth-order valence-corrected chi connectivity index (χ4v) is 3.18. The Bertz CT molecular complexity index is 674. The molecule has 1 aliphatic rings. The van der Waals surface area contributed by atoms with Crippen LogP contribution in [0.5, 0.6) is 0 Å². The highest BCUT2D eigenvalue weighted by Crippen LogP contribution is 2.26.